The van der Waals surface area contributed by atoms with Crippen LogP contribution in [0.1, 0.15) is 28.4 Å². The predicted octanol–water partition coefficient (Wildman–Crippen LogP) is 2.72. The van der Waals surface area contributed by atoms with Gasteiger partial charge in [0.1, 0.15) is 11.6 Å². The molecule has 0 bridgehead atoms. The van der Waals surface area contributed by atoms with E-state index >= 15 is 0 Å². The summed E-state index contributed by atoms with van der Waals surface area (Å²) >= 11 is 0. The van der Waals surface area contributed by atoms with E-state index in [1.54, 1.807) is 32.5 Å². The fourth-order valence-electron chi connectivity index (χ4n) is 2.69. The molecule has 0 unspecified atom stereocenters. The number of nitrogens with one attached hydrogen (secondary N) is 1. The van der Waals surface area contributed by atoms with Crippen LogP contribution in [-0.4, -0.2) is 36.5 Å². The number of amides is 1. The zero-order chi connectivity index (χ0) is 15.5. The maximum atomic E-state index is 12.7. The fourth-order valence-corrected chi connectivity index (χ4v) is 2.69. The second-order valence-corrected chi connectivity index (χ2v) is 5.26. The number of hydrogen-bond acceptors (Lipinski definition) is 4. The Morgan fingerprint density at radius 2 is 2.23 bits per heavy atom. The minimum atomic E-state index is 0.0398. The van der Waals surface area contributed by atoms with Crippen LogP contribution in [0, 0.1) is 0 Å². The summed E-state index contributed by atoms with van der Waals surface area (Å²) in [4.78, 5) is 18.7. The highest BCUT2D eigenvalue weighted by Gasteiger charge is 2.34. The van der Waals surface area contributed by atoms with Crippen molar-refractivity contribution < 1.29 is 9.53 Å². The first kappa shape index (κ1) is 14.4. The molecule has 1 saturated heterocycles. The van der Waals surface area contributed by atoms with Crippen molar-refractivity contribution >= 4 is 11.7 Å². The number of methoxy groups -OCH3 is 1. The van der Waals surface area contributed by atoms with Gasteiger partial charge in [0.25, 0.3) is 5.91 Å². The van der Waals surface area contributed by atoms with Crippen molar-refractivity contribution in [1.82, 2.24) is 9.88 Å². The monoisotopic (exact) mass is 297 g/mol. The minimum Gasteiger partial charge on any atom is -0.497 e. The zero-order valence-electron chi connectivity index (χ0n) is 12.7. The van der Waals surface area contributed by atoms with Gasteiger partial charge in [-0.1, -0.05) is 12.1 Å². The molecule has 1 aliphatic heterocycles. The lowest BCUT2D eigenvalue weighted by Gasteiger charge is -2.41. The summed E-state index contributed by atoms with van der Waals surface area (Å²) in [6.45, 7) is 0.776. The van der Waals surface area contributed by atoms with Crippen LogP contribution in [0.2, 0.25) is 0 Å². The molecular formula is C17H19N3O2. The molecule has 2 heterocycles. The summed E-state index contributed by atoms with van der Waals surface area (Å²) in [5.74, 6) is 1.56. The Morgan fingerprint density at radius 1 is 1.36 bits per heavy atom. The largest absolute Gasteiger partial charge is 0.497 e. The molecule has 1 fully saturated rings. The van der Waals surface area contributed by atoms with Crippen molar-refractivity contribution in [3.8, 4) is 5.75 Å². The molecule has 3 rings (SSSR count). The molecule has 0 radical (unpaired) electrons. The lowest BCUT2D eigenvalue weighted by atomic mass is 9.93. The van der Waals surface area contributed by atoms with Gasteiger partial charge in [0.15, 0.2) is 0 Å². The van der Waals surface area contributed by atoms with Gasteiger partial charge in [-0.15, -0.1) is 0 Å². The van der Waals surface area contributed by atoms with Crippen LogP contribution in [0.3, 0.4) is 0 Å². The SMILES string of the molecule is CNc1cc(C(=O)N2CC[C@@H]2c2cccc(OC)c2)ccn1. The van der Waals surface area contributed by atoms with Crippen LogP contribution in [0.25, 0.3) is 0 Å². The van der Waals surface area contributed by atoms with Crippen LogP contribution in [0.4, 0.5) is 5.82 Å². The Kier molecular flexibility index (Phi) is 3.96. The second kappa shape index (κ2) is 6.05. The van der Waals surface area contributed by atoms with E-state index in [9.17, 15) is 4.79 Å². The fraction of sp³-hybridized carbons (Fsp3) is 0.294. The lowest BCUT2D eigenvalue weighted by Crippen LogP contribution is -2.45. The maximum absolute atomic E-state index is 12.7. The summed E-state index contributed by atoms with van der Waals surface area (Å²) in [5, 5.41) is 2.96. The van der Waals surface area contributed by atoms with Crippen LogP contribution in [0.5, 0.6) is 5.75 Å². The van der Waals surface area contributed by atoms with Gasteiger partial charge >= 0.3 is 0 Å². The smallest absolute Gasteiger partial charge is 0.254 e. The number of hydrogen-bond donors (Lipinski definition) is 1. The molecule has 1 N–H and O–H groups in total. The maximum Gasteiger partial charge on any atom is 0.254 e. The molecule has 5 nitrogen and oxygen atoms in total. The number of pyridine rings is 1. The molecule has 1 aromatic heterocycles. The molecule has 1 aromatic carbocycles. The van der Waals surface area contributed by atoms with Gasteiger partial charge in [-0.3, -0.25) is 4.79 Å². The standard InChI is InChI=1S/C17H19N3O2/c1-18-16-11-13(6-8-19-16)17(21)20-9-7-15(20)12-4-3-5-14(10-12)22-2/h3-6,8,10-11,15H,7,9H2,1-2H3,(H,18,19)/t15-/m1/s1. The van der Waals surface area contributed by atoms with Crippen molar-refractivity contribution in [3.63, 3.8) is 0 Å². The molecule has 0 aliphatic carbocycles. The van der Waals surface area contributed by atoms with Crippen molar-refractivity contribution in [2.75, 3.05) is 26.0 Å². The molecule has 2 aromatic rings. The molecule has 1 aliphatic rings. The molecule has 114 valence electrons. The number of ether oxygens (including phenoxy) is 1. The highest BCUT2D eigenvalue weighted by atomic mass is 16.5. The van der Waals surface area contributed by atoms with Gasteiger partial charge in [0.05, 0.1) is 13.2 Å². The normalized spacial score (nSPS) is 16.8. The number of benzene rings is 1. The number of aromatic nitrogens is 1. The van der Waals surface area contributed by atoms with E-state index in [-0.39, 0.29) is 11.9 Å². The van der Waals surface area contributed by atoms with Gasteiger partial charge in [0, 0.05) is 25.4 Å². The first-order chi connectivity index (χ1) is 10.7. The highest BCUT2D eigenvalue weighted by molar-refractivity contribution is 5.95. The number of rotatable bonds is 4. The zero-order valence-corrected chi connectivity index (χ0v) is 12.7. The predicted molar refractivity (Wildman–Crippen MR) is 85.2 cm³/mol. The van der Waals surface area contributed by atoms with Crippen molar-refractivity contribution in [2.24, 2.45) is 0 Å². The van der Waals surface area contributed by atoms with Crippen LogP contribution >= 0.6 is 0 Å². The average Bonchev–Trinajstić information content (AvgIpc) is 2.54. The third kappa shape index (κ3) is 2.62. The highest BCUT2D eigenvalue weighted by Crippen LogP contribution is 2.35. The molecule has 1 atom stereocenters. The lowest BCUT2D eigenvalue weighted by molar-refractivity contribution is 0.0460. The molecule has 0 saturated carbocycles. The molecule has 5 heteroatoms. The van der Waals surface area contributed by atoms with E-state index < -0.39 is 0 Å². The van der Waals surface area contributed by atoms with Crippen molar-refractivity contribution in [3.05, 3.63) is 53.7 Å². The van der Waals surface area contributed by atoms with Gasteiger partial charge in [-0.25, -0.2) is 4.98 Å². The van der Waals surface area contributed by atoms with Gasteiger partial charge in [0.2, 0.25) is 0 Å². The van der Waals surface area contributed by atoms with Crippen LogP contribution < -0.4 is 10.1 Å². The van der Waals surface area contributed by atoms with Gasteiger partial charge in [-0.05, 0) is 36.2 Å². The number of nitrogens with zero attached hydrogens (tertiary/aromatic N) is 2. The van der Waals surface area contributed by atoms with Crippen molar-refractivity contribution in [2.45, 2.75) is 12.5 Å². The first-order valence-electron chi connectivity index (χ1n) is 7.31. The number of anilines is 1. The summed E-state index contributed by atoms with van der Waals surface area (Å²) in [7, 11) is 3.44. The Labute approximate surface area is 129 Å². The van der Waals surface area contributed by atoms with Gasteiger partial charge in [-0.2, -0.15) is 0 Å². The summed E-state index contributed by atoms with van der Waals surface area (Å²) in [6.07, 6.45) is 2.63. The Hall–Kier alpha value is -2.56. The second-order valence-electron chi connectivity index (χ2n) is 5.26. The third-order valence-electron chi connectivity index (χ3n) is 4.02. The number of likely N-dealkylation sites (tertiary alicyclic amines) is 1. The Bertz CT molecular complexity index is 687. The van der Waals surface area contributed by atoms with E-state index in [4.69, 9.17) is 4.74 Å². The third-order valence-corrected chi connectivity index (χ3v) is 4.02. The number of carbonyl (C=O) groups excluding carboxylic acids is 1. The molecular weight excluding hydrogens is 278 g/mol. The minimum absolute atomic E-state index is 0.0398. The molecule has 22 heavy (non-hydrogen) atoms. The van der Waals surface area contributed by atoms with Gasteiger partial charge < -0.3 is 15.0 Å². The quantitative estimate of drug-likeness (QED) is 0.942. The molecule has 1 amide bonds. The van der Waals surface area contributed by atoms with E-state index in [0.29, 0.717) is 11.4 Å². The van der Waals surface area contributed by atoms with Crippen LogP contribution in [-0.2, 0) is 0 Å². The van der Waals surface area contributed by atoms with E-state index in [2.05, 4.69) is 10.3 Å². The summed E-state index contributed by atoms with van der Waals surface area (Å²) in [6, 6.07) is 11.6. The van der Waals surface area contributed by atoms with E-state index in [1.165, 1.54) is 0 Å². The molecule has 0 spiro atoms. The average molecular weight is 297 g/mol. The number of carbonyl (C=O) groups is 1. The summed E-state index contributed by atoms with van der Waals surface area (Å²) in [5.41, 5.74) is 1.77. The van der Waals surface area contributed by atoms with E-state index in [1.807, 2.05) is 29.2 Å². The Morgan fingerprint density at radius 3 is 2.91 bits per heavy atom. The first-order valence-corrected chi connectivity index (χ1v) is 7.31. The van der Waals surface area contributed by atoms with E-state index in [0.717, 1.165) is 24.3 Å². The Balaban J connectivity index is 1.81. The topological polar surface area (TPSA) is 54.5 Å². The van der Waals surface area contributed by atoms with Crippen molar-refractivity contribution in [1.29, 1.82) is 0 Å². The van der Waals surface area contributed by atoms with Crippen LogP contribution in [0.15, 0.2) is 42.6 Å². The summed E-state index contributed by atoms with van der Waals surface area (Å²) < 4.78 is 5.26.